The molecule has 35 heavy (non-hydrogen) atoms. The molecule has 1 aromatic heterocycles. The van der Waals surface area contributed by atoms with Crippen LogP contribution in [0, 0.1) is 27.7 Å². The Bertz CT molecular complexity index is 1330. The lowest BCUT2D eigenvalue weighted by Gasteiger charge is -2.28. The van der Waals surface area contributed by atoms with Gasteiger partial charge in [-0.3, -0.25) is 14.4 Å². The first kappa shape index (κ1) is 25.1. The van der Waals surface area contributed by atoms with Crippen molar-refractivity contribution in [3.8, 4) is 0 Å². The highest BCUT2D eigenvalue weighted by Gasteiger charge is 2.32. The maximum atomic E-state index is 13.6. The molecule has 0 saturated carbocycles. The molecule has 0 bridgehead atoms. The number of nitrogens with one attached hydrogen (secondary N) is 1. The third kappa shape index (κ3) is 5.49. The van der Waals surface area contributed by atoms with Gasteiger partial charge in [0.25, 0.3) is 0 Å². The van der Waals surface area contributed by atoms with Gasteiger partial charge in [0.1, 0.15) is 6.04 Å². The van der Waals surface area contributed by atoms with Crippen molar-refractivity contribution in [3.05, 3.63) is 82.2 Å². The molecule has 1 amide bonds. The highest BCUT2D eigenvalue weighted by Crippen LogP contribution is 2.30. The lowest BCUT2D eigenvalue weighted by atomic mass is 10.0. The van der Waals surface area contributed by atoms with Gasteiger partial charge in [-0.1, -0.05) is 42.5 Å². The fraction of sp³-hybridized carbons (Fsp3) is 0.407. The number of benzene rings is 2. The molecule has 0 spiro atoms. The summed E-state index contributed by atoms with van der Waals surface area (Å²) in [6.45, 7) is 8.44. The molecule has 1 fully saturated rings. The fourth-order valence-electron chi connectivity index (χ4n) is 4.90. The van der Waals surface area contributed by atoms with Gasteiger partial charge < -0.3 is 5.32 Å². The first-order chi connectivity index (χ1) is 16.6. The van der Waals surface area contributed by atoms with E-state index in [1.165, 1.54) is 0 Å². The molecule has 1 N–H and O–H groups in total. The maximum Gasteiger partial charge on any atom is 0.246 e. The van der Waals surface area contributed by atoms with E-state index in [-0.39, 0.29) is 23.5 Å². The van der Waals surface area contributed by atoms with Gasteiger partial charge in [0.2, 0.25) is 5.91 Å². The van der Waals surface area contributed by atoms with Crippen molar-refractivity contribution in [1.29, 1.82) is 0 Å². The van der Waals surface area contributed by atoms with Crippen LogP contribution >= 0.6 is 0 Å². The molecule has 0 unspecified atom stereocenters. The van der Waals surface area contributed by atoms with Crippen LogP contribution in [0.3, 0.4) is 0 Å². The minimum atomic E-state index is -3.01. The van der Waals surface area contributed by atoms with Gasteiger partial charge in [-0.25, -0.2) is 8.42 Å². The summed E-state index contributed by atoms with van der Waals surface area (Å²) < 4.78 is 25.9. The van der Waals surface area contributed by atoms with Gasteiger partial charge in [-0.05, 0) is 63.9 Å². The zero-order chi connectivity index (χ0) is 25.3. The van der Waals surface area contributed by atoms with Gasteiger partial charge in [-0.15, -0.1) is 0 Å². The molecule has 4 rings (SSSR count). The van der Waals surface area contributed by atoms with Crippen LogP contribution in [-0.4, -0.2) is 47.6 Å². The summed E-state index contributed by atoms with van der Waals surface area (Å²) in [5, 5.41) is 7.84. The molecule has 2 heterocycles. The van der Waals surface area contributed by atoms with E-state index in [0.717, 1.165) is 39.3 Å². The molecular weight excluding hydrogens is 460 g/mol. The molecule has 186 valence electrons. The highest BCUT2D eigenvalue weighted by molar-refractivity contribution is 7.91. The van der Waals surface area contributed by atoms with Crippen molar-refractivity contribution < 1.29 is 13.2 Å². The van der Waals surface area contributed by atoms with Crippen molar-refractivity contribution in [1.82, 2.24) is 14.7 Å². The second-order valence-electron chi connectivity index (χ2n) is 9.69. The quantitative estimate of drug-likeness (QED) is 0.530. The molecule has 0 aliphatic carbocycles. The Hall–Kier alpha value is -2.97. The standard InChI is InChI=1S/C27H34N4O3S/c1-18-11-12-19(2)25(15-18)28-27(32)26(22-9-7-6-8-10-22)30(5)16-24-20(3)29-31(21(24)4)23-13-14-35(33,34)17-23/h6-12,15,23,26H,13-14,16-17H2,1-5H3,(H,28,32)/t23-,26+/m1/s1. The van der Waals surface area contributed by atoms with Gasteiger partial charge >= 0.3 is 0 Å². The van der Waals surface area contributed by atoms with E-state index >= 15 is 0 Å². The van der Waals surface area contributed by atoms with Crippen molar-refractivity contribution >= 4 is 21.4 Å². The number of aryl methyl sites for hydroxylation is 3. The number of hydrogen-bond acceptors (Lipinski definition) is 5. The average molecular weight is 495 g/mol. The number of sulfone groups is 1. The molecule has 1 aliphatic heterocycles. The number of rotatable bonds is 7. The Morgan fingerprint density at radius 3 is 2.51 bits per heavy atom. The maximum absolute atomic E-state index is 13.6. The molecule has 0 radical (unpaired) electrons. The van der Waals surface area contributed by atoms with E-state index in [1.807, 2.05) is 92.9 Å². The normalized spacial score (nSPS) is 18.1. The number of carbonyl (C=O) groups excluding carboxylic acids is 1. The Morgan fingerprint density at radius 1 is 1.14 bits per heavy atom. The third-order valence-corrected chi connectivity index (χ3v) is 8.64. The SMILES string of the molecule is Cc1ccc(C)c(NC(=O)[C@H](c2ccccc2)N(C)Cc2c(C)nn([C@@H]3CCS(=O)(=O)C3)c2C)c1. The minimum absolute atomic E-state index is 0.100. The van der Waals surface area contributed by atoms with Gasteiger partial charge in [-0.2, -0.15) is 5.10 Å². The monoisotopic (exact) mass is 494 g/mol. The number of carbonyl (C=O) groups is 1. The first-order valence-electron chi connectivity index (χ1n) is 11.9. The molecule has 1 aliphatic rings. The molecule has 8 heteroatoms. The molecule has 2 atom stereocenters. The van der Waals surface area contributed by atoms with Crippen LogP contribution in [0.5, 0.6) is 0 Å². The van der Waals surface area contributed by atoms with Crippen LogP contribution in [0.4, 0.5) is 5.69 Å². The van der Waals surface area contributed by atoms with Gasteiger partial charge in [0.15, 0.2) is 9.84 Å². The summed E-state index contributed by atoms with van der Waals surface area (Å²) in [6.07, 6.45) is 0.588. The number of hydrogen-bond donors (Lipinski definition) is 1. The minimum Gasteiger partial charge on any atom is -0.324 e. The third-order valence-electron chi connectivity index (χ3n) is 6.89. The van der Waals surface area contributed by atoms with Crippen LogP contribution in [0.15, 0.2) is 48.5 Å². The summed E-state index contributed by atoms with van der Waals surface area (Å²) >= 11 is 0. The van der Waals surface area contributed by atoms with E-state index in [0.29, 0.717) is 13.0 Å². The molecule has 2 aromatic carbocycles. The Balaban J connectivity index is 1.62. The first-order valence-corrected chi connectivity index (χ1v) is 13.8. The largest absolute Gasteiger partial charge is 0.324 e. The van der Waals surface area contributed by atoms with Crippen LogP contribution in [0.2, 0.25) is 0 Å². The van der Waals surface area contributed by atoms with E-state index in [9.17, 15) is 13.2 Å². The van der Waals surface area contributed by atoms with Crippen LogP contribution in [-0.2, 0) is 21.2 Å². The predicted octanol–water partition coefficient (Wildman–Crippen LogP) is 4.29. The smallest absolute Gasteiger partial charge is 0.246 e. The zero-order valence-corrected chi connectivity index (χ0v) is 21.9. The molecular formula is C27H34N4O3S. The van der Waals surface area contributed by atoms with Crippen molar-refractivity contribution in [3.63, 3.8) is 0 Å². The molecule has 3 aromatic rings. The van der Waals surface area contributed by atoms with Crippen molar-refractivity contribution in [2.75, 3.05) is 23.9 Å². The zero-order valence-electron chi connectivity index (χ0n) is 21.1. The van der Waals surface area contributed by atoms with E-state index in [4.69, 9.17) is 5.10 Å². The second-order valence-corrected chi connectivity index (χ2v) is 11.9. The average Bonchev–Trinajstić information content (AvgIpc) is 3.30. The van der Waals surface area contributed by atoms with E-state index in [2.05, 4.69) is 5.32 Å². The van der Waals surface area contributed by atoms with Crippen LogP contribution < -0.4 is 5.32 Å². The number of anilines is 1. The lowest BCUT2D eigenvalue weighted by molar-refractivity contribution is -0.121. The van der Waals surface area contributed by atoms with E-state index in [1.54, 1.807) is 0 Å². The Labute approximate surface area is 208 Å². The van der Waals surface area contributed by atoms with Crippen molar-refractivity contribution in [2.45, 2.75) is 52.7 Å². The second kappa shape index (κ2) is 9.95. The number of amides is 1. The molecule has 7 nitrogen and oxygen atoms in total. The van der Waals surface area contributed by atoms with Crippen molar-refractivity contribution in [2.24, 2.45) is 0 Å². The number of aromatic nitrogens is 2. The Kier molecular flexibility index (Phi) is 7.15. The highest BCUT2D eigenvalue weighted by atomic mass is 32.2. The number of nitrogens with zero attached hydrogens (tertiary/aromatic N) is 3. The van der Waals surface area contributed by atoms with Gasteiger partial charge in [0, 0.05) is 23.5 Å². The summed E-state index contributed by atoms with van der Waals surface area (Å²) in [7, 11) is -1.07. The number of likely N-dealkylation sites (N-methyl/N-ethyl adjacent to an activating group) is 1. The van der Waals surface area contributed by atoms with E-state index < -0.39 is 15.9 Å². The molecule has 1 saturated heterocycles. The summed E-state index contributed by atoms with van der Waals surface area (Å²) in [5.41, 5.74) is 6.66. The summed E-state index contributed by atoms with van der Waals surface area (Å²) in [6, 6.07) is 15.2. The summed E-state index contributed by atoms with van der Waals surface area (Å²) in [5.74, 6) is 0.242. The van der Waals surface area contributed by atoms with Gasteiger partial charge in [0.05, 0.1) is 23.2 Å². The predicted molar refractivity (Wildman–Crippen MR) is 139 cm³/mol. The van der Waals surface area contributed by atoms with Crippen LogP contribution in [0.1, 0.15) is 52.1 Å². The topological polar surface area (TPSA) is 84.3 Å². The Morgan fingerprint density at radius 2 is 1.86 bits per heavy atom. The fourth-order valence-corrected chi connectivity index (χ4v) is 6.60. The lowest BCUT2D eigenvalue weighted by Crippen LogP contribution is -2.35. The summed E-state index contributed by atoms with van der Waals surface area (Å²) in [4.78, 5) is 15.7. The van der Waals surface area contributed by atoms with Crippen LogP contribution in [0.25, 0.3) is 0 Å².